The van der Waals surface area contributed by atoms with Crippen LogP contribution in [0.3, 0.4) is 0 Å². The molecule has 0 saturated heterocycles. The zero-order valence-corrected chi connectivity index (χ0v) is 14.1. The first-order valence-corrected chi connectivity index (χ1v) is 8.18. The number of aldehydes is 1. The van der Waals surface area contributed by atoms with Crippen LogP contribution >= 0.6 is 0 Å². The van der Waals surface area contributed by atoms with Gasteiger partial charge in [0.05, 0.1) is 5.56 Å². The monoisotopic (exact) mass is 337 g/mol. The summed E-state index contributed by atoms with van der Waals surface area (Å²) >= 11 is 0. The molecule has 2 aromatic rings. The number of nitrogens with zero attached hydrogens (tertiary/aromatic N) is 1. The molecule has 0 radical (unpaired) electrons. The van der Waals surface area contributed by atoms with Crippen molar-refractivity contribution in [2.75, 3.05) is 4.90 Å². The van der Waals surface area contributed by atoms with Crippen LogP contribution in [-0.4, -0.2) is 30.3 Å². The molecule has 0 aliphatic carbocycles. The van der Waals surface area contributed by atoms with Crippen LogP contribution in [0.2, 0.25) is 0 Å². The Bertz CT molecular complexity index is 813. The van der Waals surface area contributed by atoms with Crippen LogP contribution in [0.4, 0.5) is 5.69 Å². The van der Waals surface area contributed by atoms with Crippen LogP contribution < -0.4 is 4.90 Å². The molecule has 128 valence electrons. The van der Waals surface area contributed by atoms with Crippen molar-refractivity contribution in [3.05, 3.63) is 65.2 Å². The van der Waals surface area contributed by atoms with Gasteiger partial charge >= 0.3 is 5.97 Å². The first-order valence-electron chi connectivity index (χ1n) is 8.18. The lowest BCUT2D eigenvalue weighted by Gasteiger charge is -2.25. The molecule has 1 aliphatic heterocycles. The van der Waals surface area contributed by atoms with Gasteiger partial charge < -0.3 is 9.64 Å². The molecule has 1 aliphatic rings. The topological polar surface area (TPSA) is 63.7 Å². The van der Waals surface area contributed by atoms with E-state index in [2.05, 4.69) is 0 Å². The fourth-order valence-corrected chi connectivity index (χ4v) is 3.07. The Kier molecular flexibility index (Phi) is 4.65. The van der Waals surface area contributed by atoms with Crippen LogP contribution in [0.15, 0.2) is 48.5 Å². The summed E-state index contributed by atoms with van der Waals surface area (Å²) in [4.78, 5) is 37.4. The van der Waals surface area contributed by atoms with E-state index < -0.39 is 12.1 Å². The lowest BCUT2D eigenvalue weighted by atomic mass is 10.1. The average molecular weight is 337 g/mol. The molecule has 0 aromatic heterocycles. The third-order valence-electron chi connectivity index (χ3n) is 4.36. The fraction of sp³-hybridized carbons (Fsp3) is 0.250. The highest BCUT2D eigenvalue weighted by atomic mass is 16.5. The summed E-state index contributed by atoms with van der Waals surface area (Å²) in [5.74, 6) is -0.825. The number of benzene rings is 2. The van der Waals surface area contributed by atoms with Gasteiger partial charge in [-0.15, -0.1) is 0 Å². The molecule has 2 atom stereocenters. The highest BCUT2D eigenvalue weighted by Gasteiger charge is 2.34. The van der Waals surface area contributed by atoms with Gasteiger partial charge in [-0.25, -0.2) is 4.79 Å². The quantitative estimate of drug-likeness (QED) is 0.635. The molecule has 1 amide bonds. The van der Waals surface area contributed by atoms with Gasteiger partial charge in [0.2, 0.25) is 0 Å². The maximum absolute atomic E-state index is 12.8. The summed E-state index contributed by atoms with van der Waals surface area (Å²) in [5, 5.41) is 0. The summed E-state index contributed by atoms with van der Waals surface area (Å²) in [6, 6.07) is 13.9. The Morgan fingerprint density at radius 1 is 1.16 bits per heavy atom. The minimum Gasteiger partial charge on any atom is -0.449 e. The summed E-state index contributed by atoms with van der Waals surface area (Å²) in [6.07, 6.45) is 0.593. The second-order valence-corrected chi connectivity index (χ2v) is 6.18. The van der Waals surface area contributed by atoms with Gasteiger partial charge in [-0.05, 0) is 44.0 Å². The van der Waals surface area contributed by atoms with E-state index in [1.54, 1.807) is 11.8 Å². The van der Waals surface area contributed by atoms with Crippen LogP contribution in [0, 0.1) is 0 Å². The Morgan fingerprint density at radius 3 is 2.52 bits per heavy atom. The average Bonchev–Trinajstić information content (AvgIpc) is 2.96. The molecule has 0 fully saturated rings. The van der Waals surface area contributed by atoms with E-state index in [0.717, 1.165) is 17.7 Å². The number of carbonyl (C=O) groups excluding carboxylic acids is 3. The first kappa shape index (κ1) is 16.9. The Morgan fingerprint density at radius 2 is 1.84 bits per heavy atom. The SMILES string of the molecule is C[C@H](OC(=O)c1ccc(C=O)cc1)C(=O)N1c2ccccc2C[C@H]1C. The number of anilines is 1. The van der Waals surface area contributed by atoms with E-state index in [-0.39, 0.29) is 11.9 Å². The number of carbonyl (C=O) groups is 3. The van der Waals surface area contributed by atoms with Gasteiger partial charge in [0.15, 0.2) is 6.10 Å². The molecule has 5 heteroatoms. The Labute approximate surface area is 146 Å². The van der Waals surface area contributed by atoms with Crippen molar-refractivity contribution in [2.45, 2.75) is 32.4 Å². The van der Waals surface area contributed by atoms with Crippen LogP contribution in [0.25, 0.3) is 0 Å². The lowest BCUT2D eigenvalue weighted by molar-refractivity contribution is -0.126. The van der Waals surface area contributed by atoms with E-state index >= 15 is 0 Å². The number of ether oxygens (including phenoxy) is 1. The molecular weight excluding hydrogens is 318 g/mol. The first-order chi connectivity index (χ1) is 12.0. The standard InChI is InChI=1S/C20H19NO4/c1-13-11-17-5-3-4-6-18(17)21(13)19(23)14(2)25-20(24)16-9-7-15(12-22)8-10-16/h3-10,12-14H,11H2,1-2H3/t13-,14+/m1/s1. The van der Waals surface area contributed by atoms with Crippen LogP contribution in [0.5, 0.6) is 0 Å². The van der Waals surface area contributed by atoms with Gasteiger partial charge in [0, 0.05) is 17.3 Å². The van der Waals surface area contributed by atoms with Crippen molar-refractivity contribution in [3.8, 4) is 0 Å². The Hall–Kier alpha value is -2.95. The minimum absolute atomic E-state index is 0.0259. The second-order valence-electron chi connectivity index (χ2n) is 6.18. The van der Waals surface area contributed by atoms with Crippen molar-refractivity contribution in [1.82, 2.24) is 0 Å². The largest absolute Gasteiger partial charge is 0.449 e. The molecular formula is C20H19NO4. The van der Waals surface area contributed by atoms with Crippen molar-refractivity contribution in [2.24, 2.45) is 0 Å². The number of para-hydroxylation sites is 1. The van der Waals surface area contributed by atoms with E-state index in [9.17, 15) is 14.4 Å². The second kappa shape index (κ2) is 6.89. The molecule has 1 heterocycles. The van der Waals surface area contributed by atoms with Gasteiger partial charge in [-0.2, -0.15) is 0 Å². The number of hydrogen-bond acceptors (Lipinski definition) is 4. The summed E-state index contributed by atoms with van der Waals surface area (Å²) in [5.41, 5.74) is 2.77. The Balaban J connectivity index is 1.72. The fourth-order valence-electron chi connectivity index (χ4n) is 3.07. The number of rotatable bonds is 4. The minimum atomic E-state index is -0.896. The molecule has 0 spiro atoms. The number of amides is 1. The predicted molar refractivity (Wildman–Crippen MR) is 93.8 cm³/mol. The van der Waals surface area contributed by atoms with E-state index in [1.165, 1.54) is 24.3 Å². The van der Waals surface area contributed by atoms with Crippen molar-refractivity contribution < 1.29 is 19.1 Å². The molecule has 0 N–H and O–H groups in total. The van der Waals surface area contributed by atoms with Crippen LogP contribution in [0.1, 0.15) is 40.1 Å². The summed E-state index contributed by atoms with van der Waals surface area (Å²) in [7, 11) is 0. The molecule has 0 unspecified atom stereocenters. The van der Waals surface area contributed by atoms with E-state index in [1.807, 2.05) is 31.2 Å². The maximum atomic E-state index is 12.8. The smallest absolute Gasteiger partial charge is 0.338 e. The lowest BCUT2D eigenvalue weighted by Crippen LogP contribution is -2.43. The number of fused-ring (bicyclic) bond motifs is 1. The van der Waals surface area contributed by atoms with Gasteiger partial charge in [-0.3, -0.25) is 9.59 Å². The molecule has 2 aromatic carbocycles. The summed E-state index contributed by atoms with van der Waals surface area (Å²) < 4.78 is 5.33. The molecule has 3 rings (SSSR count). The number of esters is 1. The number of hydrogen-bond donors (Lipinski definition) is 0. The van der Waals surface area contributed by atoms with Crippen molar-refractivity contribution in [1.29, 1.82) is 0 Å². The van der Waals surface area contributed by atoms with Gasteiger partial charge in [0.25, 0.3) is 5.91 Å². The molecule has 0 saturated carbocycles. The van der Waals surface area contributed by atoms with Crippen molar-refractivity contribution in [3.63, 3.8) is 0 Å². The summed E-state index contributed by atoms with van der Waals surface area (Å²) in [6.45, 7) is 3.55. The van der Waals surface area contributed by atoms with Crippen molar-refractivity contribution >= 4 is 23.9 Å². The normalized spacial score (nSPS) is 16.9. The predicted octanol–water partition coefficient (Wildman–Crippen LogP) is 3.02. The molecule has 25 heavy (non-hydrogen) atoms. The molecule has 0 bridgehead atoms. The zero-order valence-electron chi connectivity index (χ0n) is 14.1. The third-order valence-corrected chi connectivity index (χ3v) is 4.36. The van der Waals surface area contributed by atoms with Gasteiger partial charge in [0.1, 0.15) is 6.29 Å². The zero-order chi connectivity index (χ0) is 18.0. The van der Waals surface area contributed by atoms with E-state index in [0.29, 0.717) is 17.4 Å². The highest BCUT2D eigenvalue weighted by molar-refractivity contribution is 6.01. The van der Waals surface area contributed by atoms with Gasteiger partial charge in [-0.1, -0.05) is 30.3 Å². The third kappa shape index (κ3) is 3.31. The maximum Gasteiger partial charge on any atom is 0.338 e. The molecule has 5 nitrogen and oxygen atoms in total. The van der Waals surface area contributed by atoms with E-state index in [4.69, 9.17) is 4.74 Å². The highest BCUT2D eigenvalue weighted by Crippen LogP contribution is 2.32. The van der Waals surface area contributed by atoms with Crippen LogP contribution in [-0.2, 0) is 16.0 Å².